The van der Waals surface area contributed by atoms with Crippen molar-refractivity contribution in [1.29, 1.82) is 0 Å². The summed E-state index contributed by atoms with van der Waals surface area (Å²) < 4.78 is 0. The van der Waals surface area contributed by atoms with Crippen LogP contribution in [0.25, 0.3) is 0 Å². The summed E-state index contributed by atoms with van der Waals surface area (Å²) in [5.74, 6) is 0.609. The number of carbonyl (C=O) groups excluding carboxylic acids is 1. The molecule has 3 aliphatic rings. The standard InChI is InChI=1S/C17H31N3O/c1-2-19-10-8-16(9-11-19)20-12-6-14(7-13-20)17(21)18-15-4-3-5-15/h14-16H,2-13H2,1H3,(H,18,21). The van der Waals surface area contributed by atoms with E-state index >= 15 is 0 Å². The molecule has 0 aromatic heterocycles. The van der Waals surface area contributed by atoms with Crippen LogP contribution in [-0.2, 0) is 4.79 Å². The molecule has 1 saturated carbocycles. The van der Waals surface area contributed by atoms with Crippen molar-refractivity contribution in [1.82, 2.24) is 15.1 Å². The molecule has 2 heterocycles. The van der Waals surface area contributed by atoms with Gasteiger partial charge in [-0.25, -0.2) is 0 Å². The molecular weight excluding hydrogens is 262 g/mol. The number of rotatable bonds is 4. The minimum atomic E-state index is 0.276. The maximum absolute atomic E-state index is 12.2. The largest absolute Gasteiger partial charge is 0.353 e. The van der Waals surface area contributed by atoms with Gasteiger partial charge in [0.2, 0.25) is 5.91 Å². The average molecular weight is 293 g/mol. The first-order chi connectivity index (χ1) is 10.3. The van der Waals surface area contributed by atoms with Gasteiger partial charge in [0.15, 0.2) is 0 Å². The fraction of sp³-hybridized carbons (Fsp3) is 0.941. The number of amides is 1. The van der Waals surface area contributed by atoms with Crippen molar-refractivity contribution < 1.29 is 4.79 Å². The Morgan fingerprint density at radius 1 is 1.00 bits per heavy atom. The van der Waals surface area contributed by atoms with Crippen molar-refractivity contribution in [3.8, 4) is 0 Å². The van der Waals surface area contributed by atoms with E-state index in [-0.39, 0.29) is 5.92 Å². The zero-order valence-electron chi connectivity index (χ0n) is 13.5. The van der Waals surface area contributed by atoms with Crippen LogP contribution >= 0.6 is 0 Å². The first-order valence-corrected chi connectivity index (χ1v) is 9.03. The molecule has 0 aromatic carbocycles. The molecule has 3 fully saturated rings. The van der Waals surface area contributed by atoms with E-state index in [1.807, 2.05) is 0 Å². The number of hydrogen-bond acceptors (Lipinski definition) is 3. The number of nitrogens with zero attached hydrogens (tertiary/aromatic N) is 2. The lowest BCUT2D eigenvalue weighted by atomic mass is 9.89. The van der Waals surface area contributed by atoms with Gasteiger partial charge in [0.25, 0.3) is 0 Å². The Balaban J connectivity index is 1.39. The van der Waals surface area contributed by atoms with Crippen molar-refractivity contribution in [2.45, 2.75) is 64.0 Å². The monoisotopic (exact) mass is 293 g/mol. The number of carbonyl (C=O) groups is 1. The Kier molecular flexibility index (Phi) is 5.17. The highest BCUT2D eigenvalue weighted by Crippen LogP contribution is 2.25. The first-order valence-electron chi connectivity index (χ1n) is 9.03. The Labute approximate surface area is 129 Å². The van der Waals surface area contributed by atoms with Crippen molar-refractivity contribution in [3.05, 3.63) is 0 Å². The summed E-state index contributed by atoms with van der Waals surface area (Å²) in [5.41, 5.74) is 0. The normalized spacial score (nSPS) is 27.5. The second-order valence-electron chi connectivity index (χ2n) is 7.11. The van der Waals surface area contributed by atoms with Gasteiger partial charge in [-0.15, -0.1) is 0 Å². The number of piperidine rings is 2. The summed E-state index contributed by atoms with van der Waals surface area (Å²) in [5, 5.41) is 3.23. The van der Waals surface area contributed by atoms with Crippen LogP contribution < -0.4 is 5.32 Å². The smallest absolute Gasteiger partial charge is 0.223 e. The molecule has 21 heavy (non-hydrogen) atoms. The fourth-order valence-electron chi connectivity index (χ4n) is 4.00. The van der Waals surface area contributed by atoms with E-state index in [2.05, 4.69) is 22.0 Å². The molecule has 1 N–H and O–H groups in total. The second kappa shape index (κ2) is 7.10. The first kappa shape index (κ1) is 15.3. The van der Waals surface area contributed by atoms with Crippen LogP contribution in [0.5, 0.6) is 0 Å². The van der Waals surface area contributed by atoms with Crippen molar-refractivity contribution in [2.24, 2.45) is 5.92 Å². The van der Waals surface area contributed by atoms with E-state index in [1.54, 1.807) is 0 Å². The van der Waals surface area contributed by atoms with Gasteiger partial charge < -0.3 is 15.1 Å². The molecule has 0 spiro atoms. The van der Waals surface area contributed by atoms with Crippen molar-refractivity contribution in [3.63, 3.8) is 0 Å². The molecule has 0 bridgehead atoms. The van der Waals surface area contributed by atoms with E-state index in [1.165, 1.54) is 51.7 Å². The molecule has 4 nitrogen and oxygen atoms in total. The molecule has 3 rings (SSSR count). The Hall–Kier alpha value is -0.610. The predicted molar refractivity (Wildman–Crippen MR) is 85.2 cm³/mol. The lowest BCUT2D eigenvalue weighted by Gasteiger charge is -2.41. The Morgan fingerprint density at radius 3 is 2.19 bits per heavy atom. The van der Waals surface area contributed by atoms with Crippen LogP contribution in [0, 0.1) is 5.92 Å². The van der Waals surface area contributed by atoms with Gasteiger partial charge in [-0.3, -0.25) is 4.79 Å². The quantitative estimate of drug-likeness (QED) is 0.859. The highest BCUT2D eigenvalue weighted by Gasteiger charge is 2.31. The third-order valence-corrected chi connectivity index (χ3v) is 5.87. The highest BCUT2D eigenvalue weighted by atomic mass is 16.1. The molecule has 120 valence electrons. The zero-order chi connectivity index (χ0) is 14.7. The van der Waals surface area contributed by atoms with E-state index in [0.29, 0.717) is 11.9 Å². The molecule has 0 unspecified atom stereocenters. The number of hydrogen-bond donors (Lipinski definition) is 1. The van der Waals surface area contributed by atoms with E-state index in [4.69, 9.17) is 0 Å². The maximum atomic E-state index is 12.2. The zero-order valence-corrected chi connectivity index (χ0v) is 13.5. The van der Waals surface area contributed by atoms with Crippen LogP contribution in [0.1, 0.15) is 51.9 Å². The van der Waals surface area contributed by atoms with E-state index in [0.717, 1.165) is 32.0 Å². The van der Waals surface area contributed by atoms with Crippen molar-refractivity contribution in [2.75, 3.05) is 32.7 Å². The summed E-state index contributed by atoms with van der Waals surface area (Å²) in [6, 6.07) is 1.26. The third kappa shape index (κ3) is 3.78. The molecule has 1 aliphatic carbocycles. The van der Waals surface area contributed by atoms with Crippen LogP contribution in [0.4, 0.5) is 0 Å². The van der Waals surface area contributed by atoms with E-state index in [9.17, 15) is 4.79 Å². The number of likely N-dealkylation sites (tertiary alicyclic amines) is 2. The molecule has 1 amide bonds. The second-order valence-corrected chi connectivity index (χ2v) is 7.11. The Bertz CT molecular complexity index is 340. The van der Waals surface area contributed by atoms with Gasteiger partial charge in [-0.1, -0.05) is 6.92 Å². The van der Waals surface area contributed by atoms with Crippen LogP contribution in [0.15, 0.2) is 0 Å². The average Bonchev–Trinajstić information content (AvgIpc) is 2.51. The molecule has 0 atom stereocenters. The SMILES string of the molecule is CCN1CCC(N2CCC(C(=O)NC3CCC3)CC2)CC1. The van der Waals surface area contributed by atoms with E-state index < -0.39 is 0 Å². The minimum absolute atomic E-state index is 0.276. The molecule has 4 heteroatoms. The fourth-order valence-corrected chi connectivity index (χ4v) is 4.00. The van der Waals surface area contributed by atoms with Crippen LogP contribution in [-0.4, -0.2) is 60.5 Å². The van der Waals surface area contributed by atoms with Gasteiger partial charge in [0, 0.05) is 18.0 Å². The summed E-state index contributed by atoms with van der Waals surface area (Å²) in [6.45, 7) is 8.20. The van der Waals surface area contributed by atoms with Gasteiger partial charge in [-0.05, 0) is 77.7 Å². The summed E-state index contributed by atoms with van der Waals surface area (Å²) in [7, 11) is 0. The van der Waals surface area contributed by atoms with Crippen LogP contribution in [0.2, 0.25) is 0 Å². The highest BCUT2D eigenvalue weighted by molar-refractivity contribution is 5.79. The summed E-state index contributed by atoms with van der Waals surface area (Å²) in [6.07, 6.45) is 8.43. The lowest BCUT2D eigenvalue weighted by Crippen LogP contribution is -2.50. The summed E-state index contributed by atoms with van der Waals surface area (Å²) >= 11 is 0. The van der Waals surface area contributed by atoms with Gasteiger partial charge in [0.05, 0.1) is 0 Å². The molecule has 2 saturated heterocycles. The maximum Gasteiger partial charge on any atom is 0.223 e. The van der Waals surface area contributed by atoms with Gasteiger partial charge in [0.1, 0.15) is 0 Å². The minimum Gasteiger partial charge on any atom is -0.353 e. The molecule has 0 aromatic rings. The molecule has 0 radical (unpaired) electrons. The lowest BCUT2D eigenvalue weighted by molar-refractivity contribution is -0.128. The Morgan fingerprint density at radius 2 is 1.67 bits per heavy atom. The molecular formula is C17H31N3O. The van der Waals surface area contributed by atoms with Gasteiger partial charge >= 0.3 is 0 Å². The van der Waals surface area contributed by atoms with Crippen molar-refractivity contribution >= 4 is 5.91 Å². The molecule has 2 aliphatic heterocycles. The van der Waals surface area contributed by atoms with Gasteiger partial charge in [-0.2, -0.15) is 0 Å². The number of nitrogens with one attached hydrogen (secondary N) is 1. The summed E-state index contributed by atoms with van der Waals surface area (Å²) in [4.78, 5) is 17.4. The third-order valence-electron chi connectivity index (χ3n) is 5.87. The van der Waals surface area contributed by atoms with Crippen LogP contribution in [0.3, 0.4) is 0 Å². The topological polar surface area (TPSA) is 35.6 Å². The predicted octanol–water partition coefficient (Wildman–Crippen LogP) is 1.85.